The largest absolute Gasteiger partial charge is 0.497 e. The van der Waals surface area contributed by atoms with Crippen molar-refractivity contribution in [3.05, 3.63) is 60.3 Å². The van der Waals surface area contributed by atoms with Crippen molar-refractivity contribution < 1.29 is 13.9 Å². The van der Waals surface area contributed by atoms with Crippen LogP contribution in [0, 0.1) is 0 Å². The van der Waals surface area contributed by atoms with E-state index in [1.165, 1.54) is 0 Å². The summed E-state index contributed by atoms with van der Waals surface area (Å²) in [5.74, 6) is 3.51. The van der Waals surface area contributed by atoms with Crippen LogP contribution in [-0.2, 0) is 12.3 Å². The van der Waals surface area contributed by atoms with Crippen molar-refractivity contribution in [1.82, 2.24) is 19.7 Å². The molecule has 0 fully saturated rings. The molecule has 3 aromatic heterocycles. The van der Waals surface area contributed by atoms with E-state index < -0.39 is 0 Å². The Hall–Kier alpha value is -3.04. The number of aromatic nitrogens is 4. The highest BCUT2D eigenvalue weighted by atomic mass is 32.2. The first-order valence-corrected chi connectivity index (χ1v) is 11.0. The summed E-state index contributed by atoms with van der Waals surface area (Å²) in [7, 11) is 3.28. The zero-order valence-electron chi connectivity index (χ0n) is 16.6. The number of allylic oxidation sites excluding steroid dienone is 1. The van der Waals surface area contributed by atoms with E-state index in [4.69, 9.17) is 18.9 Å². The van der Waals surface area contributed by atoms with Gasteiger partial charge in [0.2, 0.25) is 5.82 Å². The highest BCUT2D eigenvalue weighted by Gasteiger charge is 2.17. The number of thiazole rings is 1. The number of hydrogen-bond acceptors (Lipinski definition) is 8. The zero-order chi connectivity index (χ0) is 20.9. The fourth-order valence-electron chi connectivity index (χ4n) is 2.89. The van der Waals surface area contributed by atoms with Crippen LogP contribution in [-0.4, -0.2) is 34.0 Å². The Kier molecular flexibility index (Phi) is 6.20. The average molecular weight is 441 g/mol. The van der Waals surface area contributed by atoms with Crippen LogP contribution in [0.25, 0.3) is 22.2 Å². The van der Waals surface area contributed by atoms with Crippen LogP contribution in [0.1, 0.15) is 5.69 Å². The fraction of sp³-hybridized carbons (Fsp3) is 0.190. The highest BCUT2D eigenvalue weighted by molar-refractivity contribution is 7.98. The summed E-state index contributed by atoms with van der Waals surface area (Å²) in [5, 5.41) is 12.3. The minimum atomic E-state index is 0.594. The van der Waals surface area contributed by atoms with Gasteiger partial charge in [-0.05, 0) is 24.3 Å². The van der Waals surface area contributed by atoms with Crippen molar-refractivity contribution in [2.75, 3.05) is 14.2 Å². The molecular formula is C21H20N4O3S2. The molecule has 0 spiro atoms. The van der Waals surface area contributed by atoms with Crippen molar-refractivity contribution in [3.63, 3.8) is 0 Å². The Bertz CT molecular complexity index is 1140. The SMILES string of the molecule is C=CCn1c(SCc2csc(-c3ccc(OC)cc3OC)n2)nnc1-c1ccco1. The van der Waals surface area contributed by atoms with Crippen LogP contribution >= 0.6 is 23.1 Å². The molecule has 0 saturated carbocycles. The standard InChI is InChI=1S/C21H20N4O3S2/c1-4-9-25-19(17-6-5-10-28-17)23-24-21(25)30-13-14-12-29-20(22-14)16-8-7-15(26-2)11-18(16)27-3/h4-8,10-12H,1,9,13H2,2-3H3. The zero-order valence-corrected chi connectivity index (χ0v) is 18.2. The molecule has 0 bridgehead atoms. The lowest BCUT2D eigenvalue weighted by molar-refractivity contribution is 0.395. The Morgan fingerprint density at radius 3 is 2.87 bits per heavy atom. The summed E-state index contributed by atoms with van der Waals surface area (Å²) in [5.41, 5.74) is 1.90. The lowest BCUT2D eigenvalue weighted by Crippen LogP contribution is -2.00. The topological polar surface area (TPSA) is 75.2 Å². The van der Waals surface area contributed by atoms with Crippen molar-refractivity contribution in [2.45, 2.75) is 17.5 Å². The molecule has 0 amide bonds. The molecule has 0 N–H and O–H groups in total. The van der Waals surface area contributed by atoms with Crippen molar-refractivity contribution in [2.24, 2.45) is 0 Å². The van der Waals surface area contributed by atoms with E-state index in [2.05, 4.69) is 16.8 Å². The van der Waals surface area contributed by atoms with Crippen LogP contribution in [0.5, 0.6) is 11.5 Å². The molecule has 4 aromatic rings. The number of furan rings is 1. The maximum Gasteiger partial charge on any atom is 0.200 e. The maximum atomic E-state index is 5.50. The van der Waals surface area contributed by atoms with Crippen molar-refractivity contribution >= 4 is 23.1 Å². The van der Waals surface area contributed by atoms with Gasteiger partial charge in [-0.15, -0.1) is 28.1 Å². The van der Waals surface area contributed by atoms with Gasteiger partial charge in [0.25, 0.3) is 0 Å². The minimum absolute atomic E-state index is 0.594. The maximum absolute atomic E-state index is 5.50. The second-order valence-corrected chi connectivity index (χ2v) is 7.98. The third-order valence-electron chi connectivity index (χ3n) is 4.31. The van der Waals surface area contributed by atoms with E-state index in [9.17, 15) is 0 Å². The first-order chi connectivity index (χ1) is 14.7. The third kappa shape index (κ3) is 4.12. The number of rotatable bonds is 9. The number of methoxy groups -OCH3 is 2. The Morgan fingerprint density at radius 2 is 2.13 bits per heavy atom. The normalized spacial score (nSPS) is 10.9. The summed E-state index contributed by atoms with van der Waals surface area (Å²) in [6.07, 6.45) is 3.44. The molecule has 0 unspecified atom stereocenters. The van der Waals surface area contributed by atoms with Crippen LogP contribution in [0.2, 0.25) is 0 Å². The molecule has 0 saturated heterocycles. The van der Waals surface area contributed by atoms with Crippen LogP contribution in [0.3, 0.4) is 0 Å². The molecule has 0 radical (unpaired) electrons. The van der Waals surface area contributed by atoms with E-state index in [0.29, 0.717) is 23.9 Å². The summed E-state index contributed by atoms with van der Waals surface area (Å²) in [6.45, 7) is 4.43. The number of nitrogens with zero attached hydrogens (tertiary/aromatic N) is 4. The molecule has 0 atom stereocenters. The molecule has 1 aromatic carbocycles. The summed E-state index contributed by atoms with van der Waals surface area (Å²) in [6, 6.07) is 9.43. The van der Waals surface area contributed by atoms with Crippen LogP contribution in [0.4, 0.5) is 0 Å². The second-order valence-electron chi connectivity index (χ2n) is 6.18. The van der Waals surface area contributed by atoms with Gasteiger partial charge in [0.15, 0.2) is 10.9 Å². The first kappa shape index (κ1) is 20.2. The van der Waals surface area contributed by atoms with Crippen LogP contribution < -0.4 is 9.47 Å². The smallest absolute Gasteiger partial charge is 0.200 e. The van der Waals surface area contributed by atoms with Gasteiger partial charge in [0, 0.05) is 23.7 Å². The predicted molar refractivity (Wildman–Crippen MR) is 118 cm³/mol. The number of thioether (sulfide) groups is 1. The lowest BCUT2D eigenvalue weighted by Gasteiger charge is -2.08. The van der Waals surface area contributed by atoms with Gasteiger partial charge in [0.05, 0.1) is 31.7 Å². The highest BCUT2D eigenvalue weighted by Crippen LogP contribution is 2.36. The first-order valence-electron chi connectivity index (χ1n) is 9.11. The molecule has 9 heteroatoms. The molecule has 7 nitrogen and oxygen atoms in total. The van der Waals surface area contributed by atoms with E-state index in [1.807, 2.05) is 46.4 Å². The quantitative estimate of drug-likeness (QED) is 0.263. The Morgan fingerprint density at radius 1 is 1.23 bits per heavy atom. The average Bonchev–Trinajstić information content (AvgIpc) is 3.53. The number of benzene rings is 1. The molecule has 0 aliphatic heterocycles. The van der Waals surface area contributed by atoms with Crippen LogP contribution in [0.15, 0.2) is 64.2 Å². The molecule has 3 heterocycles. The lowest BCUT2D eigenvalue weighted by atomic mass is 10.2. The summed E-state index contributed by atoms with van der Waals surface area (Å²) in [4.78, 5) is 4.77. The van der Waals surface area contributed by atoms with Gasteiger partial charge in [-0.3, -0.25) is 4.57 Å². The molecule has 0 aliphatic carbocycles. The summed E-state index contributed by atoms with van der Waals surface area (Å²) >= 11 is 3.15. The second kappa shape index (κ2) is 9.19. The van der Waals surface area contributed by atoms with E-state index in [-0.39, 0.29) is 0 Å². The Balaban J connectivity index is 1.52. The molecular weight excluding hydrogens is 420 g/mol. The Labute approximate surface area is 182 Å². The van der Waals surface area contributed by atoms with Gasteiger partial charge in [-0.2, -0.15) is 0 Å². The molecule has 0 aliphatic rings. The number of hydrogen-bond donors (Lipinski definition) is 0. The third-order valence-corrected chi connectivity index (χ3v) is 6.23. The van der Waals surface area contributed by atoms with Gasteiger partial charge in [-0.25, -0.2) is 4.98 Å². The van der Waals surface area contributed by atoms with Gasteiger partial charge in [-0.1, -0.05) is 17.8 Å². The van der Waals surface area contributed by atoms with Gasteiger partial charge in [0.1, 0.15) is 16.5 Å². The minimum Gasteiger partial charge on any atom is -0.497 e. The predicted octanol–water partition coefficient (Wildman–Crippen LogP) is 5.16. The fourth-order valence-corrected chi connectivity index (χ4v) is 4.68. The van der Waals surface area contributed by atoms with E-state index in [0.717, 1.165) is 32.9 Å². The molecule has 154 valence electrons. The van der Waals surface area contributed by atoms with Gasteiger partial charge < -0.3 is 13.9 Å². The van der Waals surface area contributed by atoms with E-state index in [1.54, 1.807) is 43.6 Å². The molecule has 30 heavy (non-hydrogen) atoms. The monoisotopic (exact) mass is 440 g/mol. The number of ether oxygens (including phenoxy) is 2. The summed E-state index contributed by atoms with van der Waals surface area (Å²) < 4.78 is 18.2. The molecule has 4 rings (SSSR count). The van der Waals surface area contributed by atoms with Gasteiger partial charge >= 0.3 is 0 Å². The van der Waals surface area contributed by atoms with Crippen molar-refractivity contribution in [3.8, 4) is 33.7 Å². The van der Waals surface area contributed by atoms with E-state index >= 15 is 0 Å². The van der Waals surface area contributed by atoms with Crippen molar-refractivity contribution in [1.29, 1.82) is 0 Å².